The molecular formula is C16H21N3O3S. The van der Waals surface area contributed by atoms with Crippen molar-refractivity contribution in [2.24, 2.45) is 0 Å². The summed E-state index contributed by atoms with van der Waals surface area (Å²) in [4.78, 5) is 0.280. The maximum absolute atomic E-state index is 13.0. The van der Waals surface area contributed by atoms with Crippen LogP contribution in [0.3, 0.4) is 0 Å². The van der Waals surface area contributed by atoms with Gasteiger partial charge in [0, 0.05) is 13.1 Å². The summed E-state index contributed by atoms with van der Waals surface area (Å²) >= 11 is 0. The molecule has 0 aliphatic carbocycles. The lowest BCUT2D eigenvalue weighted by molar-refractivity contribution is -0.00290. The van der Waals surface area contributed by atoms with Crippen LogP contribution in [0.1, 0.15) is 28.6 Å². The van der Waals surface area contributed by atoms with Crippen molar-refractivity contribution in [2.75, 3.05) is 19.7 Å². The first kappa shape index (κ1) is 16.2. The zero-order chi connectivity index (χ0) is 16.6. The van der Waals surface area contributed by atoms with Crippen molar-refractivity contribution in [3.05, 3.63) is 46.8 Å². The molecule has 1 aliphatic heterocycles. The number of aromatic nitrogens is 2. The lowest BCUT2D eigenvalue weighted by atomic mass is 10.0. The number of aryl methyl sites for hydroxylation is 3. The molecule has 1 saturated heterocycles. The highest BCUT2D eigenvalue weighted by Crippen LogP contribution is 2.29. The molecule has 0 amide bonds. The van der Waals surface area contributed by atoms with E-state index in [1.807, 2.05) is 31.2 Å². The first-order valence-electron chi connectivity index (χ1n) is 7.60. The predicted molar refractivity (Wildman–Crippen MR) is 86.7 cm³/mol. The van der Waals surface area contributed by atoms with Gasteiger partial charge in [0.05, 0.1) is 24.1 Å². The van der Waals surface area contributed by atoms with Gasteiger partial charge in [-0.15, -0.1) is 0 Å². The van der Waals surface area contributed by atoms with Crippen molar-refractivity contribution in [1.29, 1.82) is 0 Å². The van der Waals surface area contributed by atoms with Gasteiger partial charge < -0.3 is 4.74 Å². The molecule has 0 saturated carbocycles. The Hall–Kier alpha value is -1.70. The number of hydrogen-bond acceptors (Lipinski definition) is 4. The third-order valence-corrected chi connectivity index (χ3v) is 6.35. The number of aromatic amines is 1. The summed E-state index contributed by atoms with van der Waals surface area (Å²) in [5, 5.41) is 6.75. The molecular weight excluding hydrogens is 314 g/mol. The molecule has 1 fully saturated rings. The van der Waals surface area contributed by atoms with Crippen molar-refractivity contribution in [2.45, 2.75) is 31.8 Å². The normalized spacial score (nSPS) is 19.9. The van der Waals surface area contributed by atoms with Gasteiger partial charge in [-0.05, 0) is 31.9 Å². The van der Waals surface area contributed by atoms with Crippen molar-refractivity contribution >= 4 is 10.0 Å². The Labute approximate surface area is 136 Å². The van der Waals surface area contributed by atoms with E-state index in [4.69, 9.17) is 4.74 Å². The first-order valence-corrected chi connectivity index (χ1v) is 9.04. The van der Waals surface area contributed by atoms with Gasteiger partial charge in [0.1, 0.15) is 4.90 Å². The van der Waals surface area contributed by atoms with Crippen LogP contribution in [0.4, 0.5) is 0 Å². The van der Waals surface area contributed by atoms with E-state index in [1.165, 1.54) is 4.31 Å². The molecule has 1 atom stereocenters. The second-order valence-electron chi connectivity index (χ2n) is 5.84. The molecule has 2 heterocycles. The van der Waals surface area contributed by atoms with Crippen LogP contribution in [0.2, 0.25) is 0 Å². The highest BCUT2D eigenvalue weighted by Gasteiger charge is 2.34. The van der Waals surface area contributed by atoms with Crippen LogP contribution in [-0.2, 0) is 14.8 Å². The van der Waals surface area contributed by atoms with E-state index in [-0.39, 0.29) is 11.0 Å². The van der Waals surface area contributed by atoms with E-state index < -0.39 is 10.0 Å². The molecule has 1 aromatic carbocycles. The quantitative estimate of drug-likeness (QED) is 0.932. The van der Waals surface area contributed by atoms with Gasteiger partial charge in [-0.25, -0.2) is 8.42 Å². The number of sulfonamides is 1. The van der Waals surface area contributed by atoms with Gasteiger partial charge in [0.2, 0.25) is 10.0 Å². The van der Waals surface area contributed by atoms with Gasteiger partial charge in [0.15, 0.2) is 0 Å². The van der Waals surface area contributed by atoms with Crippen LogP contribution in [0, 0.1) is 20.8 Å². The minimum Gasteiger partial charge on any atom is -0.371 e. The Morgan fingerprint density at radius 3 is 2.65 bits per heavy atom. The van der Waals surface area contributed by atoms with Crippen molar-refractivity contribution < 1.29 is 13.2 Å². The summed E-state index contributed by atoms with van der Waals surface area (Å²) in [5.41, 5.74) is 3.21. The molecule has 1 unspecified atom stereocenters. The van der Waals surface area contributed by atoms with E-state index in [0.29, 0.717) is 31.1 Å². The van der Waals surface area contributed by atoms with Gasteiger partial charge >= 0.3 is 0 Å². The molecule has 7 heteroatoms. The fourth-order valence-electron chi connectivity index (χ4n) is 3.03. The number of rotatable bonds is 3. The monoisotopic (exact) mass is 335 g/mol. The fraction of sp³-hybridized carbons (Fsp3) is 0.438. The summed E-state index contributed by atoms with van der Waals surface area (Å²) in [6.07, 6.45) is -0.243. The molecule has 6 nitrogen and oxygen atoms in total. The Morgan fingerprint density at radius 2 is 2.00 bits per heavy atom. The number of benzene rings is 1. The van der Waals surface area contributed by atoms with Crippen LogP contribution < -0.4 is 0 Å². The molecule has 0 spiro atoms. The van der Waals surface area contributed by atoms with E-state index in [2.05, 4.69) is 10.2 Å². The smallest absolute Gasteiger partial charge is 0.246 e. The minimum absolute atomic E-state index is 0.243. The first-order chi connectivity index (χ1) is 10.9. The standard InChI is InChI=1S/C16H21N3O3S/c1-11-6-4-5-7-14(11)15-10-19(8-9-22-15)23(20,21)16-12(2)17-18-13(16)3/h4-7,15H,8-10H2,1-3H3,(H,17,18). The molecule has 0 radical (unpaired) electrons. The van der Waals surface area contributed by atoms with E-state index in [1.54, 1.807) is 13.8 Å². The molecule has 124 valence electrons. The number of nitrogens with one attached hydrogen (secondary N) is 1. The molecule has 1 N–H and O–H groups in total. The molecule has 0 bridgehead atoms. The fourth-order valence-corrected chi connectivity index (χ4v) is 4.79. The maximum Gasteiger partial charge on any atom is 0.246 e. The second-order valence-corrected chi connectivity index (χ2v) is 7.72. The molecule has 1 aliphatic rings. The Morgan fingerprint density at radius 1 is 1.26 bits per heavy atom. The van der Waals surface area contributed by atoms with Gasteiger partial charge in [-0.1, -0.05) is 24.3 Å². The van der Waals surface area contributed by atoms with Crippen molar-refractivity contribution in [1.82, 2.24) is 14.5 Å². The molecule has 1 aromatic heterocycles. The number of ether oxygens (including phenoxy) is 1. The van der Waals surface area contributed by atoms with Crippen molar-refractivity contribution in [3.8, 4) is 0 Å². The van der Waals surface area contributed by atoms with Gasteiger partial charge in [-0.3, -0.25) is 5.10 Å². The SMILES string of the molecule is Cc1ccccc1C1CN(S(=O)(=O)c2c(C)n[nH]c2C)CCO1. The highest BCUT2D eigenvalue weighted by molar-refractivity contribution is 7.89. The van der Waals surface area contributed by atoms with E-state index in [9.17, 15) is 8.42 Å². The summed E-state index contributed by atoms with van der Waals surface area (Å²) in [6.45, 7) is 6.50. The second kappa shape index (κ2) is 6.07. The Bertz CT molecular complexity index is 794. The number of H-pyrrole nitrogens is 1. The highest BCUT2D eigenvalue weighted by atomic mass is 32.2. The third-order valence-electron chi connectivity index (χ3n) is 4.22. The molecule has 2 aromatic rings. The molecule has 3 rings (SSSR count). The third kappa shape index (κ3) is 2.91. The maximum atomic E-state index is 13.0. The number of morpholine rings is 1. The average molecular weight is 335 g/mol. The number of nitrogens with zero attached hydrogens (tertiary/aromatic N) is 2. The number of hydrogen-bond donors (Lipinski definition) is 1. The summed E-state index contributed by atoms with van der Waals surface area (Å²) in [6, 6.07) is 7.92. The van der Waals surface area contributed by atoms with Crippen LogP contribution in [0.15, 0.2) is 29.2 Å². The minimum atomic E-state index is -3.57. The zero-order valence-corrected chi connectivity index (χ0v) is 14.4. The largest absolute Gasteiger partial charge is 0.371 e. The van der Waals surface area contributed by atoms with E-state index >= 15 is 0 Å². The summed E-state index contributed by atoms with van der Waals surface area (Å²) in [7, 11) is -3.57. The lowest BCUT2D eigenvalue weighted by Crippen LogP contribution is -2.42. The summed E-state index contributed by atoms with van der Waals surface area (Å²) < 4.78 is 33.2. The lowest BCUT2D eigenvalue weighted by Gasteiger charge is -2.33. The Balaban J connectivity index is 1.91. The van der Waals surface area contributed by atoms with E-state index in [0.717, 1.165) is 11.1 Å². The summed E-state index contributed by atoms with van der Waals surface area (Å²) in [5.74, 6) is 0. The topological polar surface area (TPSA) is 75.3 Å². The van der Waals surface area contributed by atoms with Crippen LogP contribution >= 0.6 is 0 Å². The molecule has 23 heavy (non-hydrogen) atoms. The van der Waals surface area contributed by atoms with Crippen LogP contribution in [0.25, 0.3) is 0 Å². The Kier molecular flexibility index (Phi) is 4.27. The predicted octanol–water partition coefficient (Wildman–Crippen LogP) is 2.10. The average Bonchev–Trinajstić information content (AvgIpc) is 2.87. The van der Waals surface area contributed by atoms with Crippen molar-refractivity contribution in [3.63, 3.8) is 0 Å². The van der Waals surface area contributed by atoms with Crippen LogP contribution in [-0.4, -0.2) is 42.6 Å². The van der Waals surface area contributed by atoms with Gasteiger partial charge in [0.25, 0.3) is 0 Å². The van der Waals surface area contributed by atoms with Gasteiger partial charge in [-0.2, -0.15) is 9.40 Å². The van der Waals surface area contributed by atoms with Crippen LogP contribution in [0.5, 0.6) is 0 Å². The zero-order valence-electron chi connectivity index (χ0n) is 13.5.